The molecule has 30 heavy (non-hydrogen) atoms. The van der Waals surface area contributed by atoms with Gasteiger partial charge in [-0.15, -0.1) is 0 Å². The second-order valence-corrected chi connectivity index (χ2v) is 9.40. The summed E-state index contributed by atoms with van der Waals surface area (Å²) in [4.78, 5) is 0. The molecule has 3 aromatic rings. The van der Waals surface area contributed by atoms with Crippen molar-refractivity contribution in [3.63, 3.8) is 0 Å². The molecule has 0 fully saturated rings. The van der Waals surface area contributed by atoms with Gasteiger partial charge in [-0.05, 0) is 42.2 Å². The van der Waals surface area contributed by atoms with Crippen LogP contribution in [-0.4, -0.2) is 10.7 Å². The van der Waals surface area contributed by atoms with Crippen molar-refractivity contribution in [1.29, 1.82) is 0 Å². The predicted octanol–water partition coefficient (Wildman–Crippen LogP) is 7.12. The Kier molecular flexibility index (Phi) is 4.90. The third-order valence-electron chi connectivity index (χ3n) is 6.02. The first-order valence-electron chi connectivity index (χ1n) is 10.5. The molecule has 0 saturated heterocycles. The lowest BCUT2D eigenvalue weighted by atomic mass is 9.95. The van der Waals surface area contributed by atoms with Crippen molar-refractivity contribution < 1.29 is 4.74 Å². The van der Waals surface area contributed by atoms with Gasteiger partial charge in [-0.25, -0.2) is 5.01 Å². The van der Waals surface area contributed by atoms with E-state index in [1.54, 1.807) is 0 Å². The molecule has 2 atom stereocenters. The fraction of sp³-hybridized carbons (Fsp3) is 0.269. The molecule has 4 heteroatoms. The largest absolute Gasteiger partial charge is 0.464 e. The maximum atomic E-state index is 6.49. The van der Waals surface area contributed by atoms with Gasteiger partial charge in [0, 0.05) is 22.0 Å². The van der Waals surface area contributed by atoms with Crippen molar-refractivity contribution in [2.24, 2.45) is 5.10 Å². The van der Waals surface area contributed by atoms with Gasteiger partial charge in [0.15, 0.2) is 0 Å². The Morgan fingerprint density at radius 1 is 1.00 bits per heavy atom. The number of hydrogen-bond acceptors (Lipinski definition) is 3. The standard InChI is InChI=1S/C26H25BrN2O/c1-16(2)18-8-10-20(11-9-18)26-29-24(22-14-21(27)12-13-25(22)30-26)15-23(28-29)19-6-4-17(3)5-7-19/h4-14,16,24,26H,15H2,1-3H3/t24-,26+/m0/s1. The molecule has 2 heterocycles. The molecule has 0 spiro atoms. The zero-order valence-electron chi connectivity index (χ0n) is 17.5. The Labute approximate surface area is 186 Å². The predicted molar refractivity (Wildman–Crippen MR) is 125 cm³/mol. The number of aryl methyl sites for hydroxylation is 1. The number of fused-ring (bicyclic) bond motifs is 3. The average molecular weight is 461 g/mol. The number of halogens is 1. The summed E-state index contributed by atoms with van der Waals surface area (Å²) in [5.41, 5.74) is 7.20. The van der Waals surface area contributed by atoms with Crippen LogP contribution in [0.15, 0.2) is 76.3 Å². The van der Waals surface area contributed by atoms with E-state index in [1.807, 2.05) is 6.07 Å². The molecular formula is C26H25BrN2O. The van der Waals surface area contributed by atoms with Gasteiger partial charge in [-0.2, -0.15) is 5.10 Å². The molecule has 0 bridgehead atoms. The highest BCUT2D eigenvalue weighted by atomic mass is 79.9. The first-order chi connectivity index (χ1) is 14.5. The number of rotatable bonds is 3. The van der Waals surface area contributed by atoms with Gasteiger partial charge in [-0.1, -0.05) is 83.9 Å². The first-order valence-corrected chi connectivity index (χ1v) is 11.3. The summed E-state index contributed by atoms with van der Waals surface area (Å²) in [5, 5.41) is 7.21. The Morgan fingerprint density at radius 2 is 1.73 bits per heavy atom. The summed E-state index contributed by atoms with van der Waals surface area (Å²) in [6.45, 7) is 6.55. The SMILES string of the molecule is Cc1ccc(C2=NN3[C@@H](c4ccc(C(C)C)cc4)Oc4ccc(Br)cc4[C@@H]3C2)cc1. The molecule has 0 amide bonds. The Hall–Kier alpha value is -2.59. The van der Waals surface area contributed by atoms with Crippen molar-refractivity contribution in [3.05, 3.63) is 99.0 Å². The van der Waals surface area contributed by atoms with Crippen LogP contribution in [0.1, 0.15) is 66.3 Å². The lowest BCUT2D eigenvalue weighted by Crippen LogP contribution is -2.33. The maximum Gasteiger partial charge on any atom is 0.213 e. The highest BCUT2D eigenvalue weighted by Gasteiger charge is 2.41. The molecule has 0 saturated carbocycles. The van der Waals surface area contributed by atoms with E-state index in [-0.39, 0.29) is 12.3 Å². The second-order valence-electron chi connectivity index (χ2n) is 8.49. The minimum Gasteiger partial charge on any atom is -0.464 e. The molecule has 3 nitrogen and oxygen atoms in total. The van der Waals surface area contributed by atoms with E-state index < -0.39 is 0 Å². The molecule has 0 aliphatic carbocycles. The lowest BCUT2D eigenvalue weighted by Gasteiger charge is -2.38. The van der Waals surface area contributed by atoms with Crippen LogP contribution < -0.4 is 4.74 Å². The summed E-state index contributed by atoms with van der Waals surface area (Å²) >= 11 is 3.63. The highest BCUT2D eigenvalue weighted by molar-refractivity contribution is 9.10. The summed E-state index contributed by atoms with van der Waals surface area (Å²) in [7, 11) is 0. The third-order valence-corrected chi connectivity index (χ3v) is 6.52. The van der Waals surface area contributed by atoms with Gasteiger partial charge in [0.2, 0.25) is 6.23 Å². The molecule has 0 radical (unpaired) electrons. The fourth-order valence-electron chi connectivity index (χ4n) is 4.24. The number of hydrogen-bond donors (Lipinski definition) is 0. The molecule has 2 aliphatic heterocycles. The third kappa shape index (κ3) is 3.43. The van der Waals surface area contributed by atoms with Crippen LogP contribution in [0.4, 0.5) is 0 Å². The van der Waals surface area contributed by atoms with Gasteiger partial charge in [-0.3, -0.25) is 0 Å². The normalized spacial score (nSPS) is 19.9. The van der Waals surface area contributed by atoms with Crippen LogP contribution in [0, 0.1) is 6.92 Å². The highest BCUT2D eigenvalue weighted by Crippen LogP contribution is 2.48. The fourth-order valence-corrected chi connectivity index (χ4v) is 4.62. The van der Waals surface area contributed by atoms with Crippen LogP contribution in [0.25, 0.3) is 0 Å². The Bertz CT molecular complexity index is 1100. The lowest BCUT2D eigenvalue weighted by molar-refractivity contribution is -0.0190. The van der Waals surface area contributed by atoms with Crippen LogP contribution in [0.5, 0.6) is 5.75 Å². The zero-order chi connectivity index (χ0) is 20.8. The van der Waals surface area contributed by atoms with Gasteiger partial charge >= 0.3 is 0 Å². The van der Waals surface area contributed by atoms with Crippen LogP contribution in [0.3, 0.4) is 0 Å². The van der Waals surface area contributed by atoms with E-state index in [2.05, 4.69) is 102 Å². The van der Waals surface area contributed by atoms with E-state index in [1.165, 1.54) is 22.3 Å². The molecule has 5 rings (SSSR count). The molecule has 0 unspecified atom stereocenters. The molecule has 2 aliphatic rings. The number of ether oxygens (including phenoxy) is 1. The number of hydrazone groups is 1. The van der Waals surface area contributed by atoms with Crippen LogP contribution in [-0.2, 0) is 0 Å². The van der Waals surface area contributed by atoms with Crippen molar-refractivity contribution in [2.45, 2.75) is 45.4 Å². The first kappa shape index (κ1) is 19.4. The van der Waals surface area contributed by atoms with E-state index in [9.17, 15) is 0 Å². The number of nitrogens with zero attached hydrogens (tertiary/aromatic N) is 2. The summed E-state index contributed by atoms with van der Waals surface area (Å²) < 4.78 is 7.55. The van der Waals surface area contributed by atoms with Crippen molar-refractivity contribution >= 4 is 21.6 Å². The van der Waals surface area contributed by atoms with Crippen molar-refractivity contribution in [2.75, 3.05) is 0 Å². The Morgan fingerprint density at radius 3 is 2.43 bits per heavy atom. The summed E-state index contributed by atoms with van der Waals surface area (Å²) in [6.07, 6.45) is 0.643. The minimum absolute atomic E-state index is 0.164. The van der Waals surface area contributed by atoms with Crippen LogP contribution in [0.2, 0.25) is 0 Å². The number of benzene rings is 3. The van der Waals surface area contributed by atoms with Crippen LogP contribution >= 0.6 is 15.9 Å². The summed E-state index contributed by atoms with van der Waals surface area (Å²) in [6, 6.07) is 23.9. The molecule has 0 aromatic heterocycles. The van der Waals surface area contributed by atoms with Gasteiger partial charge < -0.3 is 4.74 Å². The van der Waals surface area contributed by atoms with Crippen molar-refractivity contribution in [1.82, 2.24) is 5.01 Å². The Balaban J connectivity index is 1.57. The average Bonchev–Trinajstić information content (AvgIpc) is 3.19. The quantitative estimate of drug-likeness (QED) is 0.415. The minimum atomic E-state index is -0.229. The van der Waals surface area contributed by atoms with Gasteiger partial charge in [0.05, 0.1) is 11.8 Å². The zero-order valence-corrected chi connectivity index (χ0v) is 19.1. The van der Waals surface area contributed by atoms with E-state index in [0.717, 1.165) is 27.9 Å². The van der Waals surface area contributed by atoms with Gasteiger partial charge in [0.1, 0.15) is 5.75 Å². The van der Waals surface area contributed by atoms with E-state index in [0.29, 0.717) is 5.92 Å². The molecule has 3 aromatic carbocycles. The van der Waals surface area contributed by atoms with Crippen molar-refractivity contribution in [3.8, 4) is 5.75 Å². The maximum absolute atomic E-state index is 6.49. The van der Waals surface area contributed by atoms with Gasteiger partial charge in [0.25, 0.3) is 0 Å². The molecule has 152 valence electrons. The monoisotopic (exact) mass is 460 g/mol. The molecule has 0 N–H and O–H groups in total. The molecular weight excluding hydrogens is 436 g/mol. The van der Waals surface area contributed by atoms with E-state index in [4.69, 9.17) is 9.84 Å². The topological polar surface area (TPSA) is 24.8 Å². The second kappa shape index (κ2) is 7.59. The van der Waals surface area contributed by atoms with E-state index >= 15 is 0 Å². The smallest absolute Gasteiger partial charge is 0.213 e. The summed E-state index contributed by atoms with van der Waals surface area (Å²) in [5.74, 6) is 1.45.